The zero-order valence-electron chi connectivity index (χ0n) is 47.8. The number of hydrogen-bond acceptors (Lipinski definition) is 8. The fraction of sp³-hybridized carbons (Fsp3) is 0.833. The maximum Gasteiger partial charge on any atom is 1.00 e. The predicted molar refractivity (Wildman–Crippen MR) is 318 cm³/mol. The Morgan fingerprint density at radius 2 is 1.00 bits per heavy atom. The number of allylic oxidation sites excluding steroid dienone is 3. The van der Waals surface area contributed by atoms with E-state index < -0.39 is 42.7 Å². The summed E-state index contributed by atoms with van der Waals surface area (Å²) >= 11 is -0.181. The molecule has 72 heavy (non-hydrogen) atoms. The standard InChI is InChI=1S/C23H47N3OSi2.C23H43N3OSi2.2CH3.5ClH.2Cr.4FH.Li.4H2/c2*1-18(2)29(19(3)4,20(5)6)27-21-11-12-22(17-21)28(7,8)26-16-10-15-25-14-9-13-24-23(25)26;;;;;;;;;;;;;;;;;;/h18-22H,9-17H2,1-8H3;11-12,17-20,22H,9-10,13-16H2,1-8H3;2*1H3;5*1H;;;4*1H;;4*1H/q;;2*-1;;;;;;+2;+6;;;;;+1;;;;/p-8/i;;;;;;;;;;;;;;;;4*1+2. The summed E-state index contributed by atoms with van der Waals surface area (Å²) in [6, 6.07) is 0. The van der Waals surface area contributed by atoms with Crippen molar-refractivity contribution in [1.82, 2.24) is 18.9 Å². The van der Waals surface area contributed by atoms with Gasteiger partial charge in [-0.1, -0.05) is 115 Å². The van der Waals surface area contributed by atoms with Crippen LogP contribution in [0.5, 0.6) is 0 Å². The van der Waals surface area contributed by atoms with Crippen LogP contribution in [0.1, 0.15) is 134 Å². The summed E-state index contributed by atoms with van der Waals surface area (Å²) in [6.07, 6.45) is 16.5. The van der Waals surface area contributed by atoms with Gasteiger partial charge in [0.2, 0.25) is 8.32 Å². The molecule has 0 amide bonds. The molecule has 2 aliphatic carbocycles. The summed E-state index contributed by atoms with van der Waals surface area (Å²) in [4.78, 5) is 15.0. The van der Waals surface area contributed by atoms with E-state index in [9.17, 15) is 10.6 Å². The first-order valence-corrected chi connectivity index (χ1v) is 45.9. The average molecular weight is 1280 g/mol. The molecule has 0 aromatic rings. The first-order chi connectivity index (χ1) is 31.1. The Morgan fingerprint density at radius 1 is 0.639 bits per heavy atom. The van der Waals surface area contributed by atoms with Gasteiger partial charge in [0.15, 0.2) is 28.4 Å². The van der Waals surface area contributed by atoms with Crippen molar-refractivity contribution in [2.24, 2.45) is 9.98 Å². The van der Waals surface area contributed by atoms with Gasteiger partial charge in [0.05, 0.1) is 5.76 Å². The molecule has 0 N–H and O–H groups in total. The molecular weight excluding hydrogens is 1170 g/mol. The third-order valence-corrected chi connectivity index (χ3v) is 36.1. The Kier molecular flexibility index (Phi) is 31.3. The Labute approximate surface area is 487 Å². The summed E-state index contributed by atoms with van der Waals surface area (Å²) in [7, 11) is 5.83. The minimum atomic E-state index is -8.04. The van der Waals surface area contributed by atoms with Gasteiger partial charge in [0.25, 0.3) is 8.32 Å². The van der Waals surface area contributed by atoms with Crippen LogP contribution >= 0.6 is 50.2 Å². The summed E-state index contributed by atoms with van der Waals surface area (Å²) in [5, 5.41) is 0. The molecule has 4 heterocycles. The minimum Gasteiger partial charge on any atom is 1.00 e. The van der Waals surface area contributed by atoms with Crippen molar-refractivity contribution in [3.05, 3.63) is 38.8 Å². The first-order valence-electron chi connectivity index (χ1n) is 25.3. The van der Waals surface area contributed by atoms with Crippen molar-refractivity contribution in [2.45, 2.75) is 205 Å². The van der Waals surface area contributed by atoms with Crippen LogP contribution < -0.4 is 18.9 Å². The molecule has 2 saturated heterocycles. The molecule has 6 rings (SSSR count). The van der Waals surface area contributed by atoms with Gasteiger partial charge >= 0.3 is 103 Å². The SMILES string of the molecule is CC(C)[Si](OC1=CC([Si](C)(C)N2CCCN3CCCN=C32)C=C1)(C(C)C)C(C)C.CC(C)[Si](OC1CCC([Si](C)(C)N2CCCN3CCCN=C32)C1)(C(C)C)C(C)C.F.[3HH].[3HH].[3HH].[3HH].[CH3-].[CH3-].[Cl][Cr][Cl].[F][Cr]([F])([F])([Cl])([Cl])[Cl].[Li+]. The van der Waals surface area contributed by atoms with Crippen molar-refractivity contribution in [2.75, 3.05) is 52.4 Å². The van der Waals surface area contributed by atoms with E-state index >= 15 is 0 Å². The van der Waals surface area contributed by atoms with E-state index in [1.165, 1.54) is 89.6 Å². The number of nitrogens with zero attached hydrogens (tertiary/aromatic N) is 6. The van der Waals surface area contributed by atoms with Crippen molar-refractivity contribution in [3.8, 4) is 0 Å². The van der Waals surface area contributed by atoms with Gasteiger partial charge in [-0.15, -0.1) is 0 Å². The zero-order valence-corrected chi connectivity index (χ0v) is 58.1. The third kappa shape index (κ3) is 20.5. The topological polar surface area (TPSA) is 56.1 Å². The molecule has 0 aromatic carbocycles. The maximum absolute atomic E-state index is 11.2. The fourth-order valence-corrected chi connectivity index (χ4v) is 30.1. The smallest absolute Gasteiger partial charge is 1.00 e. The van der Waals surface area contributed by atoms with Crippen LogP contribution in [0.3, 0.4) is 0 Å². The van der Waals surface area contributed by atoms with E-state index in [1.54, 1.807) is 0 Å². The largest absolute Gasteiger partial charge is 1.00 e. The summed E-state index contributed by atoms with van der Waals surface area (Å²) < 4.78 is 53.2. The van der Waals surface area contributed by atoms with E-state index in [1.807, 2.05) is 0 Å². The number of hydrogen-bond donors (Lipinski definition) is 0. The molecule has 6 aliphatic rings. The van der Waals surface area contributed by atoms with E-state index in [2.05, 4.69) is 177 Å². The molecule has 0 bridgehead atoms. The molecule has 4 aliphatic heterocycles. The Balaban J connectivity index is -0.000000251. The second-order valence-electron chi connectivity index (χ2n) is 22.7. The summed E-state index contributed by atoms with van der Waals surface area (Å²) in [6.45, 7) is 48.1. The Morgan fingerprint density at radius 3 is 1.38 bits per heavy atom. The van der Waals surface area contributed by atoms with Crippen molar-refractivity contribution >= 4 is 95.3 Å². The Hall–Kier alpha value is 1.48. The maximum atomic E-state index is 11.2. The molecule has 8 nitrogen and oxygen atoms in total. The van der Waals surface area contributed by atoms with Gasteiger partial charge in [0, 0.05) is 69.7 Å². The average Bonchev–Trinajstić information content (AvgIpc) is 3.91. The summed E-state index contributed by atoms with van der Waals surface area (Å²) in [5.74, 6) is 3.77. The first kappa shape index (κ1) is 75.6. The molecule has 432 valence electrons. The van der Waals surface area contributed by atoms with Gasteiger partial charge in [-0.25, -0.2) is 0 Å². The molecular formula is C48H105Cl5Cr2F4LiN6O2Si4-. The number of guanidine groups is 2. The van der Waals surface area contributed by atoms with Crippen molar-refractivity contribution in [1.29, 1.82) is 0 Å². The van der Waals surface area contributed by atoms with Gasteiger partial charge < -0.3 is 42.6 Å². The minimum absolute atomic E-state index is 0. The quantitative estimate of drug-likeness (QED) is 0.0981. The van der Waals surface area contributed by atoms with Crippen LogP contribution in [-0.2, 0) is 31.8 Å². The fourth-order valence-electron chi connectivity index (χ4n) is 12.7. The van der Waals surface area contributed by atoms with Crippen molar-refractivity contribution in [3.63, 3.8) is 0 Å². The molecule has 0 radical (unpaired) electrons. The molecule has 3 unspecified atom stereocenters. The summed E-state index contributed by atoms with van der Waals surface area (Å²) in [5.41, 5.74) is 5.17. The van der Waals surface area contributed by atoms with Crippen molar-refractivity contribution < 1.29 is 71.6 Å². The second-order valence-corrected chi connectivity index (χ2v) is 57.6. The number of halogens is 9. The second kappa shape index (κ2) is 29.8. The van der Waals surface area contributed by atoms with Gasteiger partial charge in [0.1, 0.15) is 0 Å². The van der Waals surface area contributed by atoms with E-state index in [0.717, 1.165) is 30.9 Å². The van der Waals surface area contributed by atoms with Gasteiger partial charge in [-0.05, 0) is 95.9 Å². The van der Waals surface area contributed by atoms with Crippen LogP contribution in [0.2, 0.25) is 70.5 Å². The number of fused-ring (bicyclic) bond motifs is 2. The number of aliphatic imine (C=N–C) groups is 2. The normalized spacial score (nSPS) is 22.5. The van der Waals surface area contributed by atoms with E-state index in [0.29, 0.717) is 44.9 Å². The van der Waals surface area contributed by atoms with Crippen LogP contribution in [0.25, 0.3) is 0 Å². The molecule has 24 heteroatoms. The van der Waals surface area contributed by atoms with Crippen LogP contribution in [-0.4, -0.2) is 122 Å². The molecule has 1 saturated carbocycles. The van der Waals surface area contributed by atoms with Crippen LogP contribution in [0.15, 0.2) is 34.0 Å². The van der Waals surface area contributed by atoms with E-state index in [4.69, 9.17) is 38.9 Å². The zero-order chi connectivity index (χ0) is 51.9. The van der Waals surface area contributed by atoms with Crippen LogP contribution in [0, 0.1) is 14.9 Å². The van der Waals surface area contributed by atoms with Gasteiger partial charge in [-0.3, -0.25) is 14.7 Å². The molecule has 3 atom stereocenters. The van der Waals surface area contributed by atoms with Gasteiger partial charge in [-0.2, -0.15) is 0 Å². The van der Waals surface area contributed by atoms with E-state index in [-0.39, 0.29) is 57.5 Å². The monoisotopic (exact) mass is 1280 g/mol. The number of rotatable bonds is 14. The molecule has 0 spiro atoms. The molecule has 3 fully saturated rings. The van der Waals surface area contributed by atoms with Crippen LogP contribution in [0.4, 0.5) is 15.3 Å². The molecule has 0 aromatic heterocycles. The third-order valence-electron chi connectivity index (χ3n) is 15.8. The predicted octanol–water partition coefficient (Wildman–Crippen LogP) is 15.8. The Bertz CT molecular complexity index is 1740.